The number of likely N-dealkylation sites (tertiary alicyclic amines) is 1. The molecule has 1 saturated heterocycles. The summed E-state index contributed by atoms with van der Waals surface area (Å²) in [6.45, 7) is 2.60. The molecule has 0 spiro atoms. The maximum Gasteiger partial charge on any atom is 0.239 e. The minimum Gasteiger partial charge on any atom is -0.380 e. The molecule has 2 fully saturated rings. The summed E-state index contributed by atoms with van der Waals surface area (Å²) in [5.74, 6) is 0.190. The average Bonchev–Trinajstić information content (AvgIpc) is 3.06. The lowest BCUT2D eigenvalue weighted by molar-refractivity contribution is -0.126. The predicted octanol–water partition coefficient (Wildman–Crippen LogP) is -0.439. The largest absolute Gasteiger partial charge is 0.380 e. The molecule has 2 unspecified atom stereocenters. The van der Waals surface area contributed by atoms with E-state index in [4.69, 9.17) is 10.5 Å². The Kier molecular flexibility index (Phi) is 3.70. The van der Waals surface area contributed by atoms with Crippen molar-refractivity contribution in [3.8, 4) is 0 Å². The van der Waals surface area contributed by atoms with E-state index >= 15 is 0 Å². The Hall–Kier alpha value is -0.650. The lowest BCUT2D eigenvalue weighted by Gasteiger charge is -2.34. The van der Waals surface area contributed by atoms with Crippen LogP contribution in [0.1, 0.15) is 19.3 Å². The normalized spacial score (nSPS) is 29.2. The number of hydrogen-bond acceptors (Lipinski definition) is 4. The number of hydrogen-bond donors (Lipinski definition) is 2. The van der Waals surface area contributed by atoms with Gasteiger partial charge in [0, 0.05) is 26.7 Å². The van der Waals surface area contributed by atoms with Crippen LogP contribution in [-0.4, -0.2) is 56.2 Å². The maximum atomic E-state index is 11.8. The Labute approximate surface area is 103 Å². The minimum atomic E-state index is -0.539. The van der Waals surface area contributed by atoms with Gasteiger partial charge in [-0.3, -0.25) is 9.69 Å². The van der Waals surface area contributed by atoms with Gasteiger partial charge in [-0.2, -0.15) is 0 Å². The van der Waals surface area contributed by atoms with Crippen molar-refractivity contribution in [1.82, 2.24) is 10.2 Å². The molecule has 1 aliphatic heterocycles. The van der Waals surface area contributed by atoms with E-state index < -0.39 is 5.54 Å². The fourth-order valence-corrected chi connectivity index (χ4v) is 2.88. The molecule has 17 heavy (non-hydrogen) atoms. The zero-order valence-electron chi connectivity index (χ0n) is 10.7. The Bertz CT molecular complexity index is 293. The molecule has 1 aliphatic carbocycles. The summed E-state index contributed by atoms with van der Waals surface area (Å²) in [6, 6.07) is 0. The van der Waals surface area contributed by atoms with E-state index in [1.54, 1.807) is 7.11 Å². The number of carbonyl (C=O) groups is 1. The van der Waals surface area contributed by atoms with Crippen LogP contribution >= 0.6 is 0 Å². The smallest absolute Gasteiger partial charge is 0.239 e. The molecule has 98 valence electrons. The second-order valence-electron chi connectivity index (χ2n) is 5.24. The summed E-state index contributed by atoms with van der Waals surface area (Å²) in [5.41, 5.74) is 5.07. The van der Waals surface area contributed by atoms with Gasteiger partial charge in [0.25, 0.3) is 0 Å². The Balaban J connectivity index is 2.00. The number of amides is 1. The van der Waals surface area contributed by atoms with Gasteiger partial charge < -0.3 is 15.8 Å². The molecule has 2 rings (SSSR count). The molecule has 5 nitrogen and oxygen atoms in total. The van der Waals surface area contributed by atoms with Crippen LogP contribution in [-0.2, 0) is 9.53 Å². The van der Waals surface area contributed by atoms with Gasteiger partial charge in [0.1, 0.15) is 5.54 Å². The lowest BCUT2D eigenvalue weighted by Crippen LogP contribution is -2.62. The second-order valence-corrected chi connectivity index (χ2v) is 5.24. The first kappa shape index (κ1) is 12.8. The fourth-order valence-electron chi connectivity index (χ4n) is 2.88. The third-order valence-corrected chi connectivity index (χ3v) is 4.20. The van der Waals surface area contributed by atoms with Crippen LogP contribution in [0.15, 0.2) is 0 Å². The highest BCUT2D eigenvalue weighted by molar-refractivity contribution is 5.86. The predicted molar refractivity (Wildman–Crippen MR) is 65.6 cm³/mol. The van der Waals surface area contributed by atoms with Crippen molar-refractivity contribution in [2.75, 3.05) is 33.8 Å². The van der Waals surface area contributed by atoms with Gasteiger partial charge in [-0.15, -0.1) is 0 Å². The van der Waals surface area contributed by atoms with Gasteiger partial charge in [0.05, 0.1) is 6.10 Å². The van der Waals surface area contributed by atoms with Crippen LogP contribution in [0.25, 0.3) is 0 Å². The first-order chi connectivity index (χ1) is 8.12. The van der Waals surface area contributed by atoms with Crippen molar-refractivity contribution < 1.29 is 9.53 Å². The monoisotopic (exact) mass is 241 g/mol. The molecule has 0 aromatic heterocycles. The van der Waals surface area contributed by atoms with E-state index in [1.165, 1.54) is 0 Å². The minimum absolute atomic E-state index is 0.219. The molecule has 0 aromatic carbocycles. The van der Waals surface area contributed by atoms with E-state index in [0.717, 1.165) is 32.4 Å². The van der Waals surface area contributed by atoms with Crippen molar-refractivity contribution in [3.63, 3.8) is 0 Å². The van der Waals surface area contributed by atoms with Crippen LogP contribution in [0, 0.1) is 5.92 Å². The van der Waals surface area contributed by atoms with Crippen LogP contribution in [0.5, 0.6) is 0 Å². The summed E-state index contributed by atoms with van der Waals surface area (Å²) < 4.78 is 5.35. The highest BCUT2D eigenvalue weighted by Gasteiger charge is 2.50. The lowest BCUT2D eigenvalue weighted by atomic mass is 9.91. The average molecular weight is 241 g/mol. The maximum absolute atomic E-state index is 11.8. The summed E-state index contributed by atoms with van der Waals surface area (Å²) >= 11 is 0. The number of primary amides is 1. The highest BCUT2D eigenvalue weighted by atomic mass is 16.5. The summed E-state index contributed by atoms with van der Waals surface area (Å²) in [5, 5.41) is 3.18. The van der Waals surface area contributed by atoms with Gasteiger partial charge in [0.2, 0.25) is 5.91 Å². The van der Waals surface area contributed by atoms with E-state index in [0.29, 0.717) is 18.6 Å². The standard InChI is InChI=1S/C12H23N3O2/c1-14-12(11(13)16,9-3-4-9)8-15-6-5-10(7-15)17-2/h9-10,14H,3-8H2,1-2H3,(H2,13,16). The molecule has 5 heteroatoms. The van der Waals surface area contributed by atoms with Crippen molar-refractivity contribution in [1.29, 1.82) is 0 Å². The molecule has 0 radical (unpaired) electrons. The number of nitrogens with two attached hydrogens (primary N) is 1. The number of likely N-dealkylation sites (N-methyl/N-ethyl adjacent to an activating group) is 1. The second kappa shape index (κ2) is 4.92. The Morgan fingerprint density at radius 1 is 1.53 bits per heavy atom. The van der Waals surface area contributed by atoms with Crippen molar-refractivity contribution in [3.05, 3.63) is 0 Å². The van der Waals surface area contributed by atoms with Gasteiger partial charge in [-0.05, 0) is 32.2 Å². The molecular formula is C12H23N3O2. The molecular weight excluding hydrogens is 218 g/mol. The molecule has 3 N–H and O–H groups in total. The number of rotatable bonds is 6. The van der Waals surface area contributed by atoms with Crippen molar-refractivity contribution >= 4 is 5.91 Å². The first-order valence-corrected chi connectivity index (χ1v) is 6.36. The van der Waals surface area contributed by atoms with Gasteiger partial charge in [0.15, 0.2) is 0 Å². The third kappa shape index (κ3) is 2.46. The van der Waals surface area contributed by atoms with Gasteiger partial charge >= 0.3 is 0 Å². The van der Waals surface area contributed by atoms with Crippen LogP contribution in [0.2, 0.25) is 0 Å². The number of nitrogens with one attached hydrogen (secondary N) is 1. The topological polar surface area (TPSA) is 67.6 Å². The zero-order valence-corrected chi connectivity index (χ0v) is 10.7. The van der Waals surface area contributed by atoms with Crippen LogP contribution in [0.3, 0.4) is 0 Å². The van der Waals surface area contributed by atoms with E-state index in [2.05, 4.69) is 10.2 Å². The quantitative estimate of drug-likeness (QED) is 0.661. The van der Waals surface area contributed by atoms with Crippen LogP contribution in [0.4, 0.5) is 0 Å². The summed E-state index contributed by atoms with van der Waals surface area (Å²) in [4.78, 5) is 14.1. The molecule has 1 amide bonds. The van der Waals surface area contributed by atoms with Crippen molar-refractivity contribution in [2.45, 2.75) is 30.9 Å². The number of carbonyl (C=O) groups excluding carboxylic acids is 1. The van der Waals surface area contributed by atoms with E-state index in [-0.39, 0.29) is 5.91 Å². The van der Waals surface area contributed by atoms with E-state index in [9.17, 15) is 4.79 Å². The summed E-state index contributed by atoms with van der Waals surface area (Å²) in [7, 11) is 3.58. The number of ether oxygens (including phenoxy) is 1. The van der Waals surface area contributed by atoms with Gasteiger partial charge in [-0.1, -0.05) is 0 Å². The Morgan fingerprint density at radius 2 is 2.24 bits per heavy atom. The SMILES string of the molecule is CNC(CN1CCC(OC)C1)(C(N)=O)C1CC1. The molecule has 1 saturated carbocycles. The van der Waals surface area contributed by atoms with Gasteiger partial charge in [-0.25, -0.2) is 0 Å². The number of methoxy groups -OCH3 is 1. The molecule has 0 aromatic rings. The number of nitrogens with zero attached hydrogens (tertiary/aromatic N) is 1. The third-order valence-electron chi connectivity index (χ3n) is 4.20. The molecule has 0 bridgehead atoms. The first-order valence-electron chi connectivity index (χ1n) is 6.36. The molecule has 2 aliphatic rings. The molecule has 1 heterocycles. The summed E-state index contributed by atoms with van der Waals surface area (Å²) in [6.07, 6.45) is 3.55. The van der Waals surface area contributed by atoms with E-state index in [1.807, 2.05) is 7.05 Å². The molecule has 2 atom stereocenters. The van der Waals surface area contributed by atoms with Crippen molar-refractivity contribution in [2.24, 2.45) is 11.7 Å². The zero-order chi connectivity index (χ0) is 12.5. The highest BCUT2D eigenvalue weighted by Crippen LogP contribution is 2.40. The fraction of sp³-hybridized carbons (Fsp3) is 0.917. The Morgan fingerprint density at radius 3 is 2.65 bits per heavy atom. The van der Waals surface area contributed by atoms with Crippen LogP contribution < -0.4 is 11.1 Å².